The van der Waals surface area contributed by atoms with Crippen molar-refractivity contribution in [3.05, 3.63) is 101 Å². The van der Waals surface area contributed by atoms with Crippen LogP contribution in [-0.4, -0.2) is 28.7 Å². The molecule has 0 saturated heterocycles. The predicted octanol–water partition coefficient (Wildman–Crippen LogP) is 5.41. The second-order valence-electron chi connectivity index (χ2n) is 8.85. The van der Waals surface area contributed by atoms with E-state index in [0.717, 1.165) is 44.2 Å². The molecule has 0 aliphatic carbocycles. The summed E-state index contributed by atoms with van der Waals surface area (Å²) in [6.07, 6.45) is 2.99. The van der Waals surface area contributed by atoms with Crippen LogP contribution in [0.15, 0.2) is 90.4 Å². The van der Waals surface area contributed by atoms with Crippen LogP contribution in [0.2, 0.25) is 0 Å². The van der Waals surface area contributed by atoms with Crippen LogP contribution in [0.3, 0.4) is 0 Å². The van der Waals surface area contributed by atoms with E-state index in [-0.39, 0.29) is 11.5 Å². The van der Waals surface area contributed by atoms with Crippen molar-refractivity contribution in [2.75, 3.05) is 18.5 Å². The van der Waals surface area contributed by atoms with Crippen LogP contribution < -0.4 is 20.3 Å². The molecular weight excluding hydrogens is 466 g/mol. The number of benzene rings is 3. The lowest BCUT2D eigenvalue weighted by Gasteiger charge is -2.19. The SMILES string of the molecule is C=CC(=O)Nc1cc(-n2c(=O)ccc3cnc4ccc(-c5ccc6c(c5)OCCO6)cc4c32)ccc1C. The van der Waals surface area contributed by atoms with Crippen molar-refractivity contribution in [2.45, 2.75) is 6.92 Å². The zero-order valence-electron chi connectivity index (χ0n) is 20.2. The summed E-state index contributed by atoms with van der Waals surface area (Å²) < 4.78 is 13.1. The van der Waals surface area contributed by atoms with Crippen molar-refractivity contribution in [3.63, 3.8) is 0 Å². The Morgan fingerprint density at radius 2 is 1.76 bits per heavy atom. The van der Waals surface area contributed by atoms with Crippen molar-refractivity contribution >= 4 is 33.4 Å². The maximum Gasteiger partial charge on any atom is 0.255 e. The van der Waals surface area contributed by atoms with Gasteiger partial charge in [-0.05, 0) is 72.2 Å². The van der Waals surface area contributed by atoms with Crippen LogP contribution in [0.4, 0.5) is 5.69 Å². The Kier molecular flexibility index (Phi) is 5.45. The number of pyridine rings is 2. The number of aryl methyl sites for hydroxylation is 1. The second-order valence-corrected chi connectivity index (χ2v) is 8.85. The highest BCUT2D eigenvalue weighted by Crippen LogP contribution is 2.36. The van der Waals surface area contributed by atoms with Crippen molar-refractivity contribution in [1.82, 2.24) is 9.55 Å². The molecule has 6 rings (SSSR count). The molecule has 182 valence electrons. The molecule has 7 nitrogen and oxygen atoms in total. The number of hydrogen-bond donors (Lipinski definition) is 1. The van der Waals surface area contributed by atoms with Gasteiger partial charge in [-0.1, -0.05) is 24.8 Å². The molecule has 3 aromatic carbocycles. The highest BCUT2D eigenvalue weighted by atomic mass is 16.6. The molecule has 1 aliphatic heterocycles. The molecule has 0 bridgehead atoms. The molecular formula is C30H23N3O4. The number of rotatable bonds is 4. The van der Waals surface area contributed by atoms with E-state index in [1.165, 1.54) is 12.1 Å². The zero-order valence-corrected chi connectivity index (χ0v) is 20.2. The van der Waals surface area contributed by atoms with E-state index in [2.05, 4.69) is 16.9 Å². The fourth-order valence-corrected chi connectivity index (χ4v) is 4.64. The van der Waals surface area contributed by atoms with Crippen LogP contribution in [0.1, 0.15) is 5.56 Å². The van der Waals surface area contributed by atoms with E-state index < -0.39 is 0 Å². The minimum atomic E-state index is -0.316. The number of amides is 1. The monoisotopic (exact) mass is 489 g/mol. The minimum absolute atomic E-state index is 0.186. The summed E-state index contributed by atoms with van der Waals surface area (Å²) in [4.78, 5) is 29.9. The Hall–Kier alpha value is -4.91. The summed E-state index contributed by atoms with van der Waals surface area (Å²) in [6.45, 7) is 6.47. The first-order valence-electron chi connectivity index (χ1n) is 11.9. The van der Waals surface area contributed by atoms with E-state index in [0.29, 0.717) is 30.3 Å². The number of anilines is 1. The molecule has 37 heavy (non-hydrogen) atoms. The Morgan fingerprint density at radius 3 is 2.59 bits per heavy atom. The molecule has 0 spiro atoms. The lowest BCUT2D eigenvalue weighted by atomic mass is 10.0. The van der Waals surface area contributed by atoms with E-state index in [1.54, 1.807) is 22.9 Å². The number of carbonyl (C=O) groups is 1. The lowest BCUT2D eigenvalue weighted by molar-refractivity contribution is -0.111. The van der Waals surface area contributed by atoms with Crippen LogP contribution in [0, 0.1) is 6.92 Å². The van der Waals surface area contributed by atoms with Gasteiger partial charge in [0, 0.05) is 28.7 Å². The van der Waals surface area contributed by atoms with Gasteiger partial charge in [0.1, 0.15) is 13.2 Å². The molecule has 1 aliphatic rings. The molecule has 0 saturated carbocycles. The number of carbonyl (C=O) groups excluding carboxylic acids is 1. The van der Waals surface area contributed by atoms with Crippen molar-refractivity contribution in [1.29, 1.82) is 0 Å². The first kappa shape index (κ1) is 22.5. The first-order valence-corrected chi connectivity index (χ1v) is 11.9. The van der Waals surface area contributed by atoms with Gasteiger partial charge >= 0.3 is 0 Å². The van der Waals surface area contributed by atoms with Crippen LogP contribution in [-0.2, 0) is 4.79 Å². The quantitative estimate of drug-likeness (QED) is 0.270. The Balaban J connectivity index is 1.58. The third kappa shape index (κ3) is 4.00. The number of ether oxygens (including phenoxy) is 2. The number of hydrogen-bond acceptors (Lipinski definition) is 5. The second kappa shape index (κ2) is 8.95. The molecule has 0 atom stereocenters. The van der Waals surface area contributed by atoms with Gasteiger partial charge in [-0.25, -0.2) is 0 Å². The average Bonchev–Trinajstić information content (AvgIpc) is 2.93. The fourth-order valence-electron chi connectivity index (χ4n) is 4.64. The maximum atomic E-state index is 13.3. The van der Waals surface area contributed by atoms with E-state index in [9.17, 15) is 9.59 Å². The van der Waals surface area contributed by atoms with Crippen molar-refractivity contribution < 1.29 is 14.3 Å². The average molecular weight is 490 g/mol. The molecule has 5 aromatic rings. The van der Waals surface area contributed by atoms with Gasteiger partial charge < -0.3 is 14.8 Å². The summed E-state index contributed by atoms with van der Waals surface area (Å²) in [5.74, 6) is 1.13. The molecule has 0 fully saturated rings. The van der Waals surface area contributed by atoms with Crippen LogP contribution >= 0.6 is 0 Å². The Labute approximate surface area is 212 Å². The summed E-state index contributed by atoms with van der Waals surface area (Å²) >= 11 is 0. The van der Waals surface area contributed by atoms with Crippen molar-refractivity contribution in [2.24, 2.45) is 0 Å². The molecule has 3 heterocycles. The van der Waals surface area contributed by atoms with Gasteiger partial charge in [0.2, 0.25) is 5.91 Å². The van der Waals surface area contributed by atoms with Gasteiger partial charge in [-0.2, -0.15) is 0 Å². The number of fused-ring (bicyclic) bond motifs is 4. The molecule has 2 aromatic heterocycles. The van der Waals surface area contributed by atoms with Crippen LogP contribution in [0.5, 0.6) is 11.5 Å². The highest BCUT2D eigenvalue weighted by Gasteiger charge is 2.15. The molecule has 7 heteroatoms. The minimum Gasteiger partial charge on any atom is -0.486 e. The standard InChI is InChI=1S/C30H23N3O4/c1-3-28(34)32-25-16-22(8-4-18(25)2)33-29(35)11-7-21-17-31-24-9-5-19(14-23(24)30(21)33)20-6-10-26-27(15-20)37-13-12-36-26/h3-11,14-17H,1,12-13H2,2H3,(H,32,34). The summed E-state index contributed by atoms with van der Waals surface area (Å²) in [5.41, 5.74) is 5.37. The molecule has 0 unspecified atom stereocenters. The van der Waals surface area contributed by atoms with E-state index >= 15 is 0 Å². The first-order chi connectivity index (χ1) is 18.0. The normalized spacial score (nSPS) is 12.5. The number of aromatic nitrogens is 2. The summed E-state index contributed by atoms with van der Waals surface area (Å²) in [5, 5.41) is 4.48. The zero-order chi connectivity index (χ0) is 25.5. The fraction of sp³-hybridized carbons (Fsp3) is 0.100. The Morgan fingerprint density at radius 1 is 0.973 bits per heavy atom. The van der Waals surface area contributed by atoms with Gasteiger partial charge in [0.15, 0.2) is 11.5 Å². The highest BCUT2D eigenvalue weighted by molar-refractivity contribution is 6.05. The predicted molar refractivity (Wildman–Crippen MR) is 145 cm³/mol. The number of nitrogens with one attached hydrogen (secondary N) is 1. The summed E-state index contributed by atoms with van der Waals surface area (Å²) in [7, 11) is 0. The molecule has 1 N–H and O–H groups in total. The van der Waals surface area contributed by atoms with Gasteiger partial charge in [-0.3, -0.25) is 19.1 Å². The Bertz CT molecular complexity index is 1790. The topological polar surface area (TPSA) is 82.5 Å². The number of nitrogens with zero attached hydrogens (tertiary/aromatic N) is 2. The molecule has 0 radical (unpaired) electrons. The van der Waals surface area contributed by atoms with E-state index in [1.807, 2.05) is 55.5 Å². The molecule has 1 amide bonds. The third-order valence-electron chi connectivity index (χ3n) is 6.52. The van der Waals surface area contributed by atoms with Gasteiger partial charge in [-0.15, -0.1) is 0 Å². The van der Waals surface area contributed by atoms with Gasteiger partial charge in [0.05, 0.1) is 16.7 Å². The van der Waals surface area contributed by atoms with Crippen LogP contribution in [0.25, 0.3) is 38.6 Å². The smallest absolute Gasteiger partial charge is 0.255 e. The largest absolute Gasteiger partial charge is 0.486 e. The summed E-state index contributed by atoms with van der Waals surface area (Å²) in [6, 6.07) is 20.7. The van der Waals surface area contributed by atoms with Crippen molar-refractivity contribution in [3.8, 4) is 28.3 Å². The third-order valence-corrected chi connectivity index (χ3v) is 6.52. The van der Waals surface area contributed by atoms with E-state index in [4.69, 9.17) is 9.47 Å². The lowest BCUT2D eigenvalue weighted by Crippen LogP contribution is -2.18. The van der Waals surface area contributed by atoms with Gasteiger partial charge in [0.25, 0.3) is 5.56 Å². The maximum absolute atomic E-state index is 13.3.